The first-order valence-electron chi connectivity index (χ1n) is 7.97. The number of ether oxygens (including phenoxy) is 2. The monoisotopic (exact) mass is 306 g/mol. The maximum atomic E-state index is 12.3. The number of hydrogen-bond donors (Lipinski definition) is 1. The van der Waals surface area contributed by atoms with E-state index in [0.717, 1.165) is 13.1 Å². The number of benzene rings is 1. The summed E-state index contributed by atoms with van der Waals surface area (Å²) >= 11 is 0. The second-order valence-corrected chi connectivity index (χ2v) is 5.66. The average Bonchev–Trinajstić information content (AvgIpc) is 2.50. The van der Waals surface area contributed by atoms with E-state index < -0.39 is 0 Å². The van der Waals surface area contributed by atoms with Crippen LogP contribution in [-0.4, -0.2) is 44.7 Å². The quantitative estimate of drug-likeness (QED) is 0.909. The molecular weight excluding hydrogens is 280 g/mol. The van der Waals surface area contributed by atoms with Gasteiger partial charge in [-0.2, -0.15) is 0 Å². The lowest BCUT2D eigenvalue weighted by Crippen LogP contribution is -2.35. The molecule has 1 fully saturated rings. The highest BCUT2D eigenvalue weighted by Crippen LogP contribution is 2.28. The molecule has 0 radical (unpaired) electrons. The molecule has 0 aromatic heterocycles. The minimum Gasteiger partial charge on any atom is -0.497 e. The molecule has 1 aromatic rings. The number of carbonyl (C=O) groups excluding carboxylic acids is 1. The SMILES string of the molecule is COc1ccc(NC(=O)CN2CCCCCCC2)c(OC)c1. The maximum Gasteiger partial charge on any atom is 0.238 e. The van der Waals surface area contributed by atoms with Crippen LogP contribution < -0.4 is 14.8 Å². The molecule has 1 amide bonds. The Bertz CT molecular complexity index is 483. The number of anilines is 1. The fraction of sp³-hybridized carbons (Fsp3) is 0.588. The molecular formula is C17H26N2O3. The van der Waals surface area contributed by atoms with Crippen LogP contribution in [0.2, 0.25) is 0 Å². The van der Waals surface area contributed by atoms with Crippen LogP contribution in [0.25, 0.3) is 0 Å². The van der Waals surface area contributed by atoms with Crippen molar-refractivity contribution in [3.8, 4) is 11.5 Å². The minimum absolute atomic E-state index is 0.00374. The topological polar surface area (TPSA) is 50.8 Å². The average molecular weight is 306 g/mol. The number of carbonyl (C=O) groups is 1. The van der Waals surface area contributed by atoms with Gasteiger partial charge in [-0.05, 0) is 38.1 Å². The van der Waals surface area contributed by atoms with Gasteiger partial charge < -0.3 is 14.8 Å². The van der Waals surface area contributed by atoms with Crippen LogP contribution in [-0.2, 0) is 4.79 Å². The first-order chi connectivity index (χ1) is 10.7. The molecule has 1 aromatic carbocycles. The van der Waals surface area contributed by atoms with Crippen molar-refractivity contribution in [3.05, 3.63) is 18.2 Å². The van der Waals surface area contributed by atoms with Crippen LogP contribution in [0, 0.1) is 0 Å². The van der Waals surface area contributed by atoms with E-state index in [0.29, 0.717) is 23.7 Å². The van der Waals surface area contributed by atoms with Gasteiger partial charge in [0, 0.05) is 6.07 Å². The normalized spacial score (nSPS) is 16.5. The van der Waals surface area contributed by atoms with Crippen molar-refractivity contribution in [1.82, 2.24) is 4.90 Å². The number of amides is 1. The second kappa shape index (κ2) is 8.63. The van der Waals surface area contributed by atoms with E-state index >= 15 is 0 Å². The molecule has 1 aliphatic rings. The van der Waals surface area contributed by atoms with Gasteiger partial charge in [0.05, 0.1) is 26.5 Å². The number of nitrogens with zero attached hydrogens (tertiary/aromatic N) is 1. The first-order valence-corrected chi connectivity index (χ1v) is 7.97. The van der Waals surface area contributed by atoms with Crippen LogP contribution in [0.4, 0.5) is 5.69 Å². The Kier molecular flexibility index (Phi) is 6.52. The molecule has 0 saturated carbocycles. The Morgan fingerprint density at radius 1 is 1.09 bits per heavy atom. The summed E-state index contributed by atoms with van der Waals surface area (Å²) in [5.74, 6) is 1.32. The minimum atomic E-state index is 0.00374. The Morgan fingerprint density at radius 2 is 1.77 bits per heavy atom. The summed E-state index contributed by atoms with van der Waals surface area (Å²) < 4.78 is 10.5. The van der Waals surface area contributed by atoms with E-state index in [1.54, 1.807) is 20.3 Å². The standard InChI is InChI=1S/C17H26N2O3/c1-21-14-8-9-15(16(12-14)22-2)18-17(20)13-19-10-6-4-3-5-7-11-19/h8-9,12H,3-7,10-11,13H2,1-2H3,(H,18,20). The van der Waals surface area contributed by atoms with E-state index in [-0.39, 0.29) is 5.91 Å². The van der Waals surface area contributed by atoms with E-state index in [1.807, 2.05) is 12.1 Å². The first kappa shape index (κ1) is 16.6. The van der Waals surface area contributed by atoms with Crippen molar-refractivity contribution in [2.24, 2.45) is 0 Å². The van der Waals surface area contributed by atoms with Crippen LogP contribution in [0.3, 0.4) is 0 Å². The Labute approximate surface area is 132 Å². The molecule has 0 spiro atoms. The molecule has 1 aliphatic heterocycles. The van der Waals surface area contributed by atoms with Gasteiger partial charge in [0.25, 0.3) is 0 Å². The third kappa shape index (κ3) is 4.91. The predicted octanol–water partition coefficient (Wildman–Crippen LogP) is 2.91. The zero-order valence-corrected chi connectivity index (χ0v) is 13.6. The predicted molar refractivity (Wildman–Crippen MR) is 87.7 cm³/mol. The maximum absolute atomic E-state index is 12.3. The van der Waals surface area contributed by atoms with E-state index in [1.165, 1.54) is 32.1 Å². The van der Waals surface area contributed by atoms with Crippen molar-refractivity contribution in [2.75, 3.05) is 39.2 Å². The van der Waals surface area contributed by atoms with Gasteiger partial charge in [-0.25, -0.2) is 0 Å². The number of methoxy groups -OCH3 is 2. The summed E-state index contributed by atoms with van der Waals surface area (Å²) in [4.78, 5) is 14.5. The number of nitrogens with one attached hydrogen (secondary N) is 1. The third-order valence-corrected chi connectivity index (χ3v) is 4.00. The molecule has 0 bridgehead atoms. The summed E-state index contributed by atoms with van der Waals surface area (Å²) in [7, 11) is 3.19. The lowest BCUT2D eigenvalue weighted by atomic mass is 10.1. The largest absolute Gasteiger partial charge is 0.497 e. The Hall–Kier alpha value is -1.75. The van der Waals surface area contributed by atoms with E-state index in [4.69, 9.17) is 9.47 Å². The Morgan fingerprint density at radius 3 is 2.41 bits per heavy atom. The molecule has 1 N–H and O–H groups in total. The van der Waals surface area contributed by atoms with Crippen molar-refractivity contribution in [1.29, 1.82) is 0 Å². The summed E-state index contributed by atoms with van der Waals surface area (Å²) in [6, 6.07) is 5.39. The molecule has 0 aliphatic carbocycles. The van der Waals surface area contributed by atoms with Crippen molar-refractivity contribution in [2.45, 2.75) is 32.1 Å². The van der Waals surface area contributed by atoms with Gasteiger partial charge >= 0.3 is 0 Å². The van der Waals surface area contributed by atoms with Gasteiger partial charge in [-0.3, -0.25) is 9.69 Å². The zero-order valence-electron chi connectivity index (χ0n) is 13.6. The molecule has 5 nitrogen and oxygen atoms in total. The van der Waals surface area contributed by atoms with Gasteiger partial charge in [-0.1, -0.05) is 19.3 Å². The highest BCUT2D eigenvalue weighted by atomic mass is 16.5. The molecule has 22 heavy (non-hydrogen) atoms. The smallest absolute Gasteiger partial charge is 0.238 e. The summed E-state index contributed by atoms with van der Waals surface area (Å²) in [6.07, 6.45) is 6.22. The highest BCUT2D eigenvalue weighted by molar-refractivity contribution is 5.93. The second-order valence-electron chi connectivity index (χ2n) is 5.66. The van der Waals surface area contributed by atoms with Crippen LogP contribution in [0.1, 0.15) is 32.1 Å². The van der Waals surface area contributed by atoms with Gasteiger partial charge in [0.1, 0.15) is 11.5 Å². The molecule has 1 heterocycles. The van der Waals surface area contributed by atoms with Crippen LogP contribution in [0.5, 0.6) is 11.5 Å². The summed E-state index contributed by atoms with van der Waals surface area (Å²) in [5, 5.41) is 2.93. The van der Waals surface area contributed by atoms with Crippen LogP contribution in [0.15, 0.2) is 18.2 Å². The zero-order chi connectivity index (χ0) is 15.8. The Balaban J connectivity index is 1.93. The van der Waals surface area contributed by atoms with Gasteiger partial charge in [-0.15, -0.1) is 0 Å². The van der Waals surface area contributed by atoms with Gasteiger partial charge in [0.15, 0.2) is 0 Å². The van der Waals surface area contributed by atoms with Crippen molar-refractivity contribution >= 4 is 11.6 Å². The molecule has 2 rings (SSSR count). The lowest BCUT2D eigenvalue weighted by Gasteiger charge is -2.24. The van der Waals surface area contributed by atoms with E-state index in [2.05, 4.69) is 10.2 Å². The highest BCUT2D eigenvalue weighted by Gasteiger charge is 2.14. The summed E-state index contributed by atoms with van der Waals surface area (Å²) in [5.41, 5.74) is 0.681. The van der Waals surface area contributed by atoms with Crippen molar-refractivity contribution in [3.63, 3.8) is 0 Å². The fourth-order valence-corrected chi connectivity index (χ4v) is 2.77. The molecule has 122 valence electrons. The molecule has 0 unspecified atom stereocenters. The van der Waals surface area contributed by atoms with Crippen LogP contribution >= 0.6 is 0 Å². The molecule has 5 heteroatoms. The number of rotatable bonds is 5. The van der Waals surface area contributed by atoms with Gasteiger partial charge in [0.2, 0.25) is 5.91 Å². The van der Waals surface area contributed by atoms with E-state index in [9.17, 15) is 4.79 Å². The fourth-order valence-electron chi connectivity index (χ4n) is 2.77. The number of likely N-dealkylation sites (tertiary alicyclic amines) is 1. The third-order valence-electron chi connectivity index (χ3n) is 4.00. The molecule has 0 atom stereocenters. The number of hydrogen-bond acceptors (Lipinski definition) is 4. The lowest BCUT2D eigenvalue weighted by molar-refractivity contribution is -0.117. The summed E-state index contributed by atoms with van der Waals surface area (Å²) in [6.45, 7) is 2.45. The molecule has 1 saturated heterocycles. The van der Waals surface area contributed by atoms with Crippen molar-refractivity contribution < 1.29 is 14.3 Å².